The number of hydrogen-bond acceptors (Lipinski definition) is 2. The highest BCUT2D eigenvalue weighted by Crippen LogP contribution is 2.38. The van der Waals surface area contributed by atoms with Crippen molar-refractivity contribution in [1.29, 1.82) is 0 Å². The van der Waals surface area contributed by atoms with E-state index < -0.39 is 0 Å². The van der Waals surface area contributed by atoms with Gasteiger partial charge in [-0.2, -0.15) is 0 Å². The van der Waals surface area contributed by atoms with Crippen LogP contribution >= 0.6 is 21.6 Å². The van der Waals surface area contributed by atoms with E-state index in [1.54, 1.807) is 0 Å². The molecule has 0 aliphatic heterocycles. The maximum atomic E-state index is 2.40. The van der Waals surface area contributed by atoms with Gasteiger partial charge in [-0.1, -0.05) is 86.4 Å². The van der Waals surface area contributed by atoms with Gasteiger partial charge in [0.25, 0.3) is 0 Å². The zero-order chi connectivity index (χ0) is 15.7. The molecule has 0 saturated heterocycles. The van der Waals surface area contributed by atoms with Gasteiger partial charge in [0.05, 0.1) is 0 Å². The van der Waals surface area contributed by atoms with Crippen LogP contribution in [-0.2, 0) is 6.42 Å². The molecule has 21 heavy (non-hydrogen) atoms. The molecule has 0 fully saturated rings. The van der Waals surface area contributed by atoms with E-state index in [1.165, 1.54) is 42.6 Å². The normalized spacial score (nSPS) is 13.1. The Morgan fingerprint density at radius 2 is 1.71 bits per heavy atom. The van der Waals surface area contributed by atoms with Crippen LogP contribution in [0.1, 0.15) is 70.3 Å². The first-order chi connectivity index (χ1) is 9.99. The molecule has 0 radical (unpaired) electrons. The van der Waals surface area contributed by atoms with Crippen LogP contribution < -0.4 is 0 Å². The smallest absolute Gasteiger partial charge is 0.0372 e. The zero-order valence-corrected chi connectivity index (χ0v) is 16.0. The van der Waals surface area contributed by atoms with E-state index >= 15 is 0 Å². The Kier molecular flexibility index (Phi) is 9.59. The van der Waals surface area contributed by atoms with Crippen molar-refractivity contribution in [1.82, 2.24) is 0 Å². The molecule has 1 atom stereocenters. The van der Waals surface area contributed by atoms with E-state index in [0.717, 1.165) is 11.8 Å². The molecule has 0 heterocycles. The minimum Gasteiger partial charge on any atom is -0.0935 e. The molecule has 2 heteroatoms. The minimum absolute atomic E-state index is 0.590. The highest BCUT2D eigenvalue weighted by molar-refractivity contribution is 8.76. The van der Waals surface area contributed by atoms with Gasteiger partial charge in [-0.25, -0.2) is 0 Å². The summed E-state index contributed by atoms with van der Waals surface area (Å²) in [6, 6.07) is 9.16. The fourth-order valence-electron chi connectivity index (χ4n) is 2.36. The molecule has 1 aromatic carbocycles. The van der Waals surface area contributed by atoms with Crippen LogP contribution in [-0.4, -0.2) is 5.75 Å². The SMILES string of the molecule is CC(C)CCCCSSC(C)c1cccc(CC(C)C)c1. The summed E-state index contributed by atoms with van der Waals surface area (Å²) < 4.78 is 0. The lowest BCUT2D eigenvalue weighted by Crippen LogP contribution is -1.96. The summed E-state index contributed by atoms with van der Waals surface area (Å²) >= 11 is 0. The Balaban J connectivity index is 2.29. The Morgan fingerprint density at radius 1 is 0.952 bits per heavy atom. The molecule has 0 spiro atoms. The molecule has 0 amide bonds. The highest BCUT2D eigenvalue weighted by atomic mass is 33.1. The number of benzene rings is 1. The fourth-order valence-corrected chi connectivity index (χ4v) is 4.83. The maximum Gasteiger partial charge on any atom is 0.0372 e. The van der Waals surface area contributed by atoms with Crippen LogP contribution in [0.25, 0.3) is 0 Å². The van der Waals surface area contributed by atoms with Gasteiger partial charge in [-0.05, 0) is 42.7 Å². The number of unbranched alkanes of at least 4 members (excludes halogenated alkanes) is 1. The first-order valence-corrected chi connectivity index (χ1v) is 10.7. The number of hydrogen-bond donors (Lipinski definition) is 0. The summed E-state index contributed by atoms with van der Waals surface area (Å²) in [6.07, 6.45) is 5.30. The summed E-state index contributed by atoms with van der Waals surface area (Å²) in [4.78, 5) is 0. The lowest BCUT2D eigenvalue weighted by molar-refractivity contribution is 0.552. The molecule has 0 saturated carbocycles. The summed E-state index contributed by atoms with van der Waals surface area (Å²) in [6.45, 7) is 11.5. The topological polar surface area (TPSA) is 0 Å². The van der Waals surface area contributed by atoms with E-state index in [0.29, 0.717) is 5.25 Å². The van der Waals surface area contributed by atoms with Crippen molar-refractivity contribution in [2.75, 3.05) is 5.75 Å². The van der Waals surface area contributed by atoms with E-state index in [9.17, 15) is 0 Å². The van der Waals surface area contributed by atoms with Gasteiger partial charge in [0, 0.05) is 11.0 Å². The van der Waals surface area contributed by atoms with Gasteiger partial charge in [-0.3, -0.25) is 0 Å². The molecule has 0 bridgehead atoms. The molecule has 1 unspecified atom stereocenters. The van der Waals surface area contributed by atoms with E-state index in [1.807, 2.05) is 21.6 Å². The summed E-state index contributed by atoms with van der Waals surface area (Å²) in [7, 11) is 4.08. The second-order valence-electron chi connectivity index (χ2n) is 6.79. The first kappa shape index (κ1) is 19.0. The van der Waals surface area contributed by atoms with Crippen molar-refractivity contribution in [3.8, 4) is 0 Å². The Hall–Kier alpha value is -0.0800. The summed E-state index contributed by atoms with van der Waals surface area (Å²) in [5.74, 6) is 2.87. The average molecular weight is 325 g/mol. The predicted molar refractivity (Wildman–Crippen MR) is 102 cm³/mol. The van der Waals surface area contributed by atoms with Crippen LogP contribution in [0, 0.1) is 11.8 Å². The monoisotopic (exact) mass is 324 g/mol. The van der Waals surface area contributed by atoms with Gasteiger partial charge < -0.3 is 0 Å². The lowest BCUT2D eigenvalue weighted by Gasteiger charge is -2.13. The average Bonchev–Trinajstić information content (AvgIpc) is 2.41. The molecule has 0 nitrogen and oxygen atoms in total. The zero-order valence-electron chi connectivity index (χ0n) is 14.4. The molecular formula is C19H32S2. The number of rotatable bonds is 10. The van der Waals surface area contributed by atoms with E-state index in [2.05, 4.69) is 58.9 Å². The highest BCUT2D eigenvalue weighted by Gasteiger charge is 2.08. The van der Waals surface area contributed by atoms with Crippen LogP contribution in [0.15, 0.2) is 24.3 Å². The summed E-state index contributed by atoms with van der Waals surface area (Å²) in [5, 5.41) is 0.590. The fraction of sp³-hybridized carbons (Fsp3) is 0.684. The minimum atomic E-state index is 0.590. The van der Waals surface area contributed by atoms with Crippen LogP contribution in [0.4, 0.5) is 0 Å². The third-order valence-electron chi connectivity index (χ3n) is 3.54. The van der Waals surface area contributed by atoms with Crippen LogP contribution in [0.5, 0.6) is 0 Å². The van der Waals surface area contributed by atoms with Crippen LogP contribution in [0.2, 0.25) is 0 Å². The molecule has 0 aromatic heterocycles. The largest absolute Gasteiger partial charge is 0.0935 e. The molecule has 120 valence electrons. The Labute approximate surface area is 140 Å². The van der Waals surface area contributed by atoms with Crippen molar-refractivity contribution in [3.05, 3.63) is 35.4 Å². The second-order valence-corrected chi connectivity index (χ2v) is 9.62. The lowest BCUT2D eigenvalue weighted by atomic mass is 10.0. The van der Waals surface area contributed by atoms with Gasteiger partial charge in [0.1, 0.15) is 0 Å². The van der Waals surface area contributed by atoms with Gasteiger partial charge in [0.15, 0.2) is 0 Å². The van der Waals surface area contributed by atoms with Crippen molar-refractivity contribution < 1.29 is 0 Å². The van der Waals surface area contributed by atoms with Gasteiger partial charge in [-0.15, -0.1) is 0 Å². The first-order valence-electron chi connectivity index (χ1n) is 8.36. The maximum absolute atomic E-state index is 2.40. The van der Waals surface area contributed by atoms with Crippen molar-refractivity contribution >= 4 is 21.6 Å². The van der Waals surface area contributed by atoms with Gasteiger partial charge >= 0.3 is 0 Å². The third kappa shape index (κ3) is 8.83. The third-order valence-corrected chi connectivity index (χ3v) is 6.46. The van der Waals surface area contributed by atoms with E-state index in [-0.39, 0.29) is 0 Å². The predicted octanol–water partition coefficient (Wildman–Crippen LogP) is 7.15. The van der Waals surface area contributed by atoms with E-state index in [4.69, 9.17) is 0 Å². The molecule has 0 N–H and O–H groups in total. The summed E-state index contributed by atoms with van der Waals surface area (Å²) in [5.41, 5.74) is 2.96. The van der Waals surface area contributed by atoms with Crippen molar-refractivity contribution in [2.45, 2.75) is 65.6 Å². The molecular weight excluding hydrogens is 292 g/mol. The molecule has 1 aromatic rings. The van der Waals surface area contributed by atoms with Crippen molar-refractivity contribution in [3.63, 3.8) is 0 Å². The molecule has 0 aliphatic carbocycles. The molecule has 1 rings (SSSR count). The van der Waals surface area contributed by atoms with Gasteiger partial charge in [0.2, 0.25) is 0 Å². The second kappa shape index (κ2) is 10.6. The Bertz CT molecular complexity index is 385. The quantitative estimate of drug-likeness (QED) is 0.331. The Morgan fingerprint density at radius 3 is 2.38 bits per heavy atom. The van der Waals surface area contributed by atoms with Crippen LogP contribution in [0.3, 0.4) is 0 Å². The van der Waals surface area contributed by atoms with Crippen molar-refractivity contribution in [2.24, 2.45) is 11.8 Å². The molecule has 0 aliphatic rings. The standard InChI is InChI=1S/C19H32S2/c1-15(2)9-6-7-12-20-21-17(5)19-11-8-10-18(14-19)13-16(3)4/h8,10-11,14-17H,6-7,9,12-13H2,1-5H3.